The fraction of sp³-hybridized carbons (Fsp3) is 0.533. The van der Waals surface area contributed by atoms with Crippen LogP contribution >= 0.6 is 27.7 Å². The molecule has 0 bridgehead atoms. The van der Waals surface area contributed by atoms with Gasteiger partial charge in [0.2, 0.25) is 5.91 Å². The van der Waals surface area contributed by atoms with E-state index in [0.717, 1.165) is 18.3 Å². The highest BCUT2D eigenvalue weighted by Crippen LogP contribution is 2.26. The summed E-state index contributed by atoms with van der Waals surface area (Å²) in [6.45, 7) is 0.893. The van der Waals surface area contributed by atoms with E-state index in [9.17, 15) is 4.79 Å². The Labute approximate surface area is 128 Å². The number of rotatable bonds is 7. The van der Waals surface area contributed by atoms with E-state index >= 15 is 0 Å². The van der Waals surface area contributed by atoms with Gasteiger partial charge in [-0.2, -0.15) is 0 Å². The standard InChI is InChI=1S/C15H20BrNOS/c16-10-5-11-17(13-6-4-7-13)15(18)12-19-14-8-2-1-3-9-14/h1-3,8-9,13H,4-7,10-12H2. The summed E-state index contributed by atoms with van der Waals surface area (Å²) in [5.41, 5.74) is 0. The molecule has 0 heterocycles. The van der Waals surface area contributed by atoms with Crippen molar-refractivity contribution in [2.45, 2.75) is 36.6 Å². The maximum atomic E-state index is 12.3. The van der Waals surface area contributed by atoms with Crippen molar-refractivity contribution in [1.82, 2.24) is 4.90 Å². The summed E-state index contributed by atoms with van der Waals surface area (Å²) in [5.74, 6) is 0.850. The van der Waals surface area contributed by atoms with Crippen molar-refractivity contribution in [3.05, 3.63) is 30.3 Å². The minimum Gasteiger partial charge on any atom is -0.339 e. The summed E-state index contributed by atoms with van der Waals surface area (Å²) in [7, 11) is 0. The van der Waals surface area contributed by atoms with E-state index < -0.39 is 0 Å². The smallest absolute Gasteiger partial charge is 0.233 e. The van der Waals surface area contributed by atoms with Gasteiger partial charge in [-0.25, -0.2) is 0 Å². The van der Waals surface area contributed by atoms with Crippen LogP contribution in [0.5, 0.6) is 0 Å². The van der Waals surface area contributed by atoms with Crippen molar-refractivity contribution in [1.29, 1.82) is 0 Å². The third-order valence-electron chi connectivity index (χ3n) is 3.47. The van der Waals surface area contributed by atoms with E-state index in [2.05, 4.69) is 33.0 Å². The number of thioether (sulfide) groups is 1. The Kier molecular flexibility index (Phi) is 6.24. The van der Waals surface area contributed by atoms with Crippen molar-refractivity contribution in [2.24, 2.45) is 0 Å². The van der Waals surface area contributed by atoms with Crippen molar-refractivity contribution >= 4 is 33.6 Å². The third-order valence-corrected chi connectivity index (χ3v) is 5.03. The van der Waals surface area contributed by atoms with Gasteiger partial charge in [0.05, 0.1) is 5.75 Å². The molecule has 0 spiro atoms. The lowest BCUT2D eigenvalue weighted by molar-refractivity contribution is -0.132. The first kappa shape index (κ1) is 14.9. The quantitative estimate of drug-likeness (QED) is 0.552. The number of carbonyl (C=O) groups excluding carboxylic acids is 1. The summed E-state index contributed by atoms with van der Waals surface area (Å²) < 4.78 is 0. The zero-order chi connectivity index (χ0) is 13.5. The van der Waals surface area contributed by atoms with E-state index in [-0.39, 0.29) is 0 Å². The number of halogens is 1. The molecule has 1 aromatic rings. The van der Waals surface area contributed by atoms with Gasteiger partial charge < -0.3 is 4.90 Å². The first-order chi connectivity index (χ1) is 9.31. The molecule has 0 unspecified atom stereocenters. The average Bonchev–Trinajstić information content (AvgIpc) is 2.39. The van der Waals surface area contributed by atoms with Gasteiger partial charge in [0.15, 0.2) is 0 Å². The molecule has 0 aliphatic heterocycles. The number of amides is 1. The van der Waals surface area contributed by atoms with Gasteiger partial charge in [-0.1, -0.05) is 34.1 Å². The molecule has 2 rings (SSSR count). The summed E-state index contributed by atoms with van der Waals surface area (Å²) in [6.07, 6.45) is 4.68. The molecular formula is C15H20BrNOS. The summed E-state index contributed by atoms with van der Waals surface area (Å²) in [5, 5.41) is 0.968. The summed E-state index contributed by atoms with van der Waals surface area (Å²) in [6, 6.07) is 10.7. The molecule has 104 valence electrons. The largest absolute Gasteiger partial charge is 0.339 e. The van der Waals surface area contributed by atoms with E-state index in [1.807, 2.05) is 18.2 Å². The van der Waals surface area contributed by atoms with Crippen LogP contribution in [0.4, 0.5) is 0 Å². The van der Waals surface area contributed by atoms with Crippen LogP contribution in [-0.2, 0) is 4.79 Å². The van der Waals surface area contributed by atoms with Crippen LogP contribution in [-0.4, -0.2) is 34.5 Å². The average molecular weight is 342 g/mol. The normalized spacial score (nSPS) is 15.0. The number of alkyl halides is 1. The fourth-order valence-corrected chi connectivity index (χ4v) is 3.24. The predicted molar refractivity (Wildman–Crippen MR) is 84.9 cm³/mol. The highest BCUT2D eigenvalue weighted by Gasteiger charge is 2.27. The first-order valence-electron chi connectivity index (χ1n) is 6.84. The highest BCUT2D eigenvalue weighted by molar-refractivity contribution is 9.09. The number of nitrogens with zero attached hydrogens (tertiary/aromatic N) is 1. The topological polar surface area (TPSA) is 20.3 Å². The van der Waals surface area contributed by atoms with Crippen LogP contribution in [0, 0.1) is 0 Å². The minimum absolute atomic E-state index is 0.291. The Balaban J connectivity index is 1.84. The van der Waals surface area contributed by atoms with Gasteiger partial charge in [0, 0.05) is 22.8 Å². The Bertz CT molecular complexity index is 394. The van der Waals surface area contributed by atoms with Gasteiger partial charge in [-0.15, -0.1) is 11.8 Å². The van der Waals surface area contributed by atoms with Crippen molar-refractivity contribution in [3.63, 3.8) is 0 Å². The van der Waals surface area contributed by atoms with Crippen molar-refractivity contribution in [2.75, 3.05) is 17.6 Å². The zero-order valence-electron chi connectivity index (χ0n) is 11.1. The molecule has 0 saturated heterocycles. The van der Waals surface area contributed by atoms with Gasteiger partial charge >= 0.3 is 0 Å². The van der Waals surface area contributed by atoms with Crippen LogP contribution in [0.25, 0.3) is 0 Å². The molecular weight excluding hydrogens is 322 g/mol. The van der Waals surface area contributed by atoms with Crippen molar-refractivity contribution < 1.29 is 4.79 Å². The molecule has 1 saturated carbocycles. The van der Waals surface area contributed by atoms with E-state index in [0.29, 0.717) is 17.7 Å². The Morgan fingerprint density at radius 3 is 2.63 bits per heavy atom. The SMILES string of the molecule is O=C(CSc1ccccc1)N(CCCBr)C1CCC1. The van der Waals surface area contributed by atoms with Crippen LogP contribution in [0.1, 0.15) is 25.7 Å². The molecule has 1 aliphatic rings. The molecule has 1 aliphatic carbocycles. The summed E-state index contributed by atoms with van der Waals surface area (Å²) in [4.78, 5) is 15.6. The number of hydrogen-bond acceptors (Lipinski definition) is 2. The lowest BCUT2D eigenvalue weighted by Gasteiger charge is -2.37. The van der Waals surface area contributed by atoms with E-state index in [1.165, 1.54) is 24.2 Å². The Hall–Kier alpha value is -0.480. The maximum absolute atomic E-state index is 12.3. The molecule has 0 radical (unpaired) electrons. The molecule has 19 heavy (non-hydrogen) atoms. The molecule has 4 heteroatoms. The lowest BCUT2D eigenvalue weighted by atomic mass is 9.91. The molecule has 0 atom stereocenters. The molecule has 0 N–H and O–H groups in total. The predicted octanol–water partition coefficient (Wildman–Crippen LogP) is 3.94. The van der Waals surface area contributed by atoms with Crippen LogP contribution < -0.4 is 0 Å². The lowest BCUT2D eigenvalue weighted by Crippen LogP contribution is -2.45. The van der Waals surface area contributed by atoms with Gasteiger partial charge in [0.25, 0.3) is 0 Å². The van der Waals surface area contributed by atoms with Crippen LogP contribution in [0.3, 0.4) is 0 Å². The van der Waals surface area contributed by atoms with E-state index in [4.69, 9.17) is 0 Å². The molecule has 2 nitrogen and oxygen atoms in total. The second kappa shape index (κ2) is 7.95. The molecule has 1 fully saturated rings. The molecule has 0 aromatic heterocycles. The van der Waals surface area contributed by atoms with Gasteiger partial charge in [0.1, 0.15) is 0 Å². The Morgan fingerprint density at radius 2 is 2.05 bits per heavy atom. The molecule has 1 aromatic carbocycles. The first-order valence-corrected chi connectivity index (χ1v) is 8.95. The van der Waals surface area contributed by atoms with Crippen molar-refractivity contribution in [3.8, 4) is 0 Å². The molecule has 1 amide bonds. The van der Waals surface area contributed by atoms with E-state index in [1.54, 1.807) is 11.8 Å². The van der Waals surface area contributed by atoms with Crippen LogP contribution in [0.15, 0.2) is 35.2 Å². The maximum Gasteiger partial charge on any atom is 0.233 e. The number of hydrogen-bond donors (Lipinski definition) is 0. The monoisotopic (exact) mass is 341 g/mol. The second-order valence-electron chi connectivity index (χ2n) is 4.82. The number of carbonyl (C=O) groups is 1. The number of benzene rings is 1. The fourth-order valence-electron chi connectivity index (χ4n) is 2.18. The zero-order valence-corrected chi connectivity index (χ0v) is 13.5. The second-order valence-corrected chi connectivity index (χ2v) is 6.66. The van der Waals surface area contributed by atoms with Crippen LogP contribution in [0.2, 0.25) is 0 Å². The highest BCUT2D eigenvalue weighted by atomic mass is 79.9. The third kappa shape index (κ3) is 4.53. The Morgan fingerprint density at radius 1 is 1.32 bits per heavy atom. The summed E-state index contributed by atoms with van der Waals surface area (Å²) >= 11 is 5.09. The minimum atomic E-state index is 0.291. The van der Waals surface area contributed by atoms with Gasteiger partial charge in [-0.05, 0) is 37.8 Å². The van der Waals surface area contributed by atoms with Gasteiger partial charge in [-0.3, -0.25) is 4.79 Å².